The number of allylic oxidation sites excluding steroid dienone is 2. The van der Waals surface area contributed by atoms with Gasteiger partial charge in [0, 0.05) is 23.8 Å². The summed E-state index contributed by atoms with van der Waals surface area (Å²) in [6, 6.07) is 5.84. The highest BCUT2D eigenvalue weighted by molar-refractivity contribution is 6.00. The standard InChI is InChI=1S/C17H17N5O3/c1-17(2)7-11-14(13(23)8-17)15(21-16(20-11)18-9-19-21)10-5-3-4-6-12(10)22(24)25/h3-6,9,15H,7-8H2,1-2H3,(H,18,19,20)/t15-/m1/s1. The summed E-state index contributed by atoms with van der Waals surface area (Å²) in [4.78, 5) is 28.2. The number of aromatic nitrogens is 3. The van der Waals surface area contributed by atoms with Gasteiger partial charge in [0.05, 0.1) is 10.5 Å². The van der Waals surface area contributed by atoms with Crippen LogP contribution in [0.5, 0.6) is 0 Å². The van der Waals surface area contributed by atoms with Crippen molar-refractivity contribution in [1.29, 1.82) is 0 Å². The minimum Gasteiger partial charge on any atom is -0.328 e. The van der Waals surface area contributed by atoms with Gasteiger partial charge in [0.1, 0.15) is 12.4 Å². The van der Waals surface area contributed by atoms with Crippen LogP contribution in [0.15, 0.2) is 41.9 Å². The molecular formula is C17H17N5O3. The van der Waals surface area contributed by atoms with Crippen LogP contribution in [0.4, 0.5) is 11.6 Å². The van der Waals surface area contributed by atoms with Gasteiger partial charge in [-0.25, -0.2) is 4.68 Å². The van der Waals surface area contributed by atoms with Gasteiger partial charge in [-0.1, -0.05) is 26.0 Å². The number of nitro benzene ring substituents is 1. The number of hydrogen-bond acceptors (Lipinski definition) is 6. The summed E-state index contributed by atoms with van der Waals surface area (Å²) >= 11 is 0. The van der Waals surface area contributed by atoms with Crippen molar-refractivity contribution >= 4 is 17.4 Å². The van der Waals surface area contributed by atoms with Gasteiger partial charge in [0.15, 0.2) is 5.78 Å². The molecule has 1 aliphatic carbocycles. The maximum absolute atomic E-state index is 12.9. The predicted molar refractivity (Wildman–Crippen MR) is 89.9 cm³/mol. The molecule has 0 saturated carbocycles. The number of Topliss-reactive ketones (excluding diaryl/α,β-unsaturated/α-hetero) is 1. The first-order valence-corrected chi connectivity index (χ1v) is 8.03. The third-order valence-corrected chi connectivity index (χ3v) is 4.70. The Morgan fingerprint density at radius 3 is 2.84 bits per heavy atom. The molecule has 1 aromatic carbocycles. The summed E-state index contributed by atoms with van der Waals surface area (Å²) in [6.45, 7) is 4.07. The van der Waals surface area contributed by atoms with Crippen molar-refractivity contribution in [2.75, 3.05) is 5.32 Å². The number of nitrogens with one attached hydrogen (secondary N) is 1. The summed E-state index contributed by atoms with van der Waals surface area (Å²) < 4.78 is 1.55. The fraction of sp³-hybridized carbons (Fsp3) is 0.353. The summed E-state index contributed by atoms with van der Waals surface area (Å²) in [6.07, 6.45) is 2.46. The highest BCUT2D eigenvalue weighted by atomic mass is 16.6. The Morgan fingerprint density at radius 1 is 1.32 bits per heavy atom. The molecule has 1 N–H and O–H groups in total. The van der Waals surface area contributed by atoms with E-state index in [0.717, 1.165) is 5.70 Å². The maximum Gasteiger partial charge on any atom is 0.275 e. The minimum atomic E-state index is -0.640. The highest BCUT2D eigenvalue weighted by Crippen LogP contribution is 2.46. The summed E-state index contributed by atoms with van der Waals surface area (Å²) in [5, 5.41) is 18.9. The second-order valence-corrected chi connectivity index (χ2v) is 7.20. The molecule has 0 spiro atoms. The van der Waals surface area contributed by atoms with Crippen molar-refractivity contribution in [3.63, 3.8) is 0 Å². The van der Waals surface area contributed by atoms with E-state index in [-0.39, 0.29) is 16.9 Å². The number of benzene rings is 1. The zero-order valence-corrected chi connectivity index (χ0v) is 13.9. The Labute approximate surface area is 143 Å². The molecule has 4 rings (SSSR count). The molecule has 8 heteroatoms. The number of para-hydroxylation sites is 1. The molecule has 2 aromatic rings. The van der Waals surface area contributed by atoms with E-state index in [0.29, 0.717) is 29.9 Å². The smallest absolute Gasteiger partial charge is 0.275 e. The fourth-order valence-corrected chi connectivity index (χ4v) is 3.72. The SMILES string of the molecule is CC1(C)CC(=O)C2=C(C1)Nc1ncnn1[C@@H]2c1ccccc1[N+](=O)[O-]. The van der Waals surface area contributed by atoms with E-state index in [9.17, 15) is 14.9 Å². The summed E-state index contributed by atoms with van der Waals surface area (Å²) in [5.74, 6) is 0.482. The quantitative estimate of drug-likeness (QED) is 0.666. The van der Waals surface area contributed by atoms with E-state index in [1.54, 1.807) is 22.9 Å². The molecule has 1 aromatic heterocycles. The Bertz CT molecular complexity index is 928. The predicted octanol–water partition coefficient (Wildman–Crippen LogP) is 2.84. The molecule has 0 radical (unpaired) electrons. The Morgan fingerprint density at radius 2 is 2.08 bits per heavy atom. The molecule has 0 amide bonds. The Hall–Kier alpha value is -3.03. The van der Waals surface area contributed by atoms with Gasteiger partial charge < -0.3 is 5.32 Å². The van der Waals surface area contributed by atoms with E-state index in [1.165, 1.54) is 12.4 Å². The van der Waals surface area contributed by atoms with Crippen molar-refractivity contribution in [3.8, 4) is 0 Å². The minimum absolute atomic E-state index is 0.0111. The van der Waals surface area contributed by atoms with Crippen molar-refractivity contribution in [1.82, 2.24) is 14.8 Å². The van der Waals surface area contributed by atoms with Crippen molar-refractivity contribution in [2.45, 2.75) is 32.7 Å². The number of fused-ring (bicyclic) bond motifs is 1. The lowest BCUT2D eigenvalue weighted by Gasteiger charge is -2.38. The van der Waals surface area contributed by atoms with Gasteiger partial charge in [-0.2, -0.15) is 10.1 Å². The average Bonchev–Trinajstić information content (AvgIpc) is 2.99. The van der Waals surface area contributed by atoms with Crippen LogP contribution in [0.2, 0.25) is 0 Å². The van der Waals surface area contributed by atoms with Crippen molar-refractivity contribution in [3.05, 3.63) is 57.5 Å². The van der Waals surface area contributed by atoms with E-state index < -0.39 is 11.0 Å². The van der Waals surface area contributed by atoms with Crippen LogP contribution in [-0.2, 0) is 4.79 Å². The lowest BCUT2D eigenvalue weighted by atomic mass is 9.73. The third-order valence-electron chi connectivity index (χ3n) is 4.70. The molecule has 1 aliphatic heterocycles. The molecule has 2 heterocycles. The van der Waals surface area contributed by atoms with Gasteiger partial charge in [-0.3, -0.25) is 14.9 Å². The molecule has 128 valence electrons. The lowest BCUT2D eigenvalue weighted by molar-refractivity contribution is -0.385. The molecule has 0 saturated heterocycles. The number of ketones is 1. The van der Waals surface area contributed by atoms with Gasteiger partial charge in [-0.15, -0.1) is 0 Å². The first kappa shape index (κ1) is 15.5. The highest BCUT2D eigenvalue weighted by Gasteiger charge is 2.43. The second-order valence-electron chi connectivity index (χ2n) is 7.20. The van der Waals surface area contributed by atoms with Crippen LogP contribution >= 0.6 is 0 Å². The number of hydrogen-bond donors (Lipinski definition) is 1. The molecule has 1 atom stereocenters. The summed E-state index contributed by atoms with van der Waals surface area (Å²) in [7, 11) is 0. The fourth-order valence-electron chi connectivity index (χ4n) is 3.72. The average molecular weight is 339 g/mol. The van der Waals surface area contributed by atoms with Gasteiger partial charge in [0.2, 0.25) is 5.95 Å². The zero-order valence-electron chi connectivity index (χ0n) is 13.9. The van der Waals surface area contributed by atoms with Crippen LogP contribution in [0.3, 0.4) is 0 Å². The normalized spacial score (nSPS) is 21.4. The van der Waals surface area contributed by atoms with E-state index in [4.69, 9.17) is 0 Å². The van der Waals surface area contributed by atoms with Crippen LogP contribution in [0, 0.1) is 15.5 Å². The first-order valence-electron chi connectivity index (χ1n) is 8.03. The van der Waals surface area contributed by atoms with E-state index >= 15 is 0 Å². The van der Waals surface area contributed by atoms with E-state index in [2.05, 4.69) is 15.4 Å². The van der Waals surface area contributed by atoms with Crippen LogP contribution in [0.25, 0.3) is 0 Å². The van der Waals surface area contributed by atoms with E-state index in [1.807, 2.05) is 13.8 Å². The Kier molecular flexibility index (Phi) is 3.24. The number of nitro groups is 1. The van der Waals surface area contributed by atoms with Crippen LogP contribution in [0.1, 0.15) is 38.3 Å². The monoisotopic (exact) mass is 339 g/mol. The molecular weight excluding hydrogens is 322 g/mol. The lowest BCUT2D eigenvalue weighted by Crippen LogP contribution is -2.36. The summed E-state index contributed by atoms with van der Waals surface area (Å²) in [5.41, 5.74) is 1.58. The molecule has 0 fully saturated rings. The number of carbonyl (C=O) groups is 1. The van der Waals surface area contributed by atoms with Gasteiger partial charge in [0.25, 0.3) is 5.69 Å². The second kappa shape index (κ2) is 5.23. The topological polar surface area (TPSA) is 103 Å². The van der Waals surface area contributed by atoms with Crippen LogP contribution in [-0.4, -0.2) is 25.5 Å². The molecule has 0 bridgehead atoms. The van der Waals surface area contributed by atoms with Gasteiger partial charge >= 0.3 is 0 Å². The van der Waals surface area contributed by atoms with Crippen molar-refractivity contribution < 1.29 is 9.72 Å². The Balaban J connectivity index is 1.96. The number of anilines is 1. The largest absolute Gasteiger partial charge is 0.328 e. The molecule has 25 heavy (non-hydrogen) atoms. The van der Waals surface area contributed by atoms with Crippen molar-refractivity contribution in [2.24, 2.45) is 5.41 Å². The maximum atomic E-state index is 12.9. The molecule has 0 unspecified atom stereocenters. The number of rotatable bonds is 2. The van der Waals surface area contributed by atoms with Crippen LogP contribution < -0.4 is 5.32 Å². The number of carbonyl (C=O) groups excluding carboxylic acids is 1. The van der Waals surface area contributed by atoms with Gasteiger partial charge in [-0.05, 0) is 17.9 Å². The molecule has 2 aliphatic rings. The zero-order chi connectivity index (χ0) is 17.8. The number of nitrogens with zero attached hydrogens (tertiary/aromatic N) is 4. The first-order chi connectivity index (χ1) is 11.9. The third kappa shape index (κ3) is 2.41. The molecule has 8 nitrogen and oxygen atoms in total.